The fourth-order valence-electron chi connectivity index (χ4n) is 8.12. The monoisotopic (exact) mass is 952 g/mol. The van der Waals surface area contributed by atoms with Crippen molar-refractivity contribution in [2.45, 2.75) is 256 Å². The van der Waals surface area contributed by atoms with Crippen LogP contribution in [0.1, 0.15) is 213 Å². The lowest BCUT2D eigenvalue weighted by Gasteiger charge is -2.40. The van der Waals surface area contributed by atoms with Gasteiger partial charge in [0.05, 0.1) is 25.4 Å². The minimum absolute atomic E-state index is 0.144. The number of aliphatic hydroxyl groups is 5. The van der Waals surface area contributed by atoms with E-state index in [0.717, 1.165) is 96.3 Å². The van der Waals surface area contributed by atoms with Crippen LogP contribution in [0, 0.1) is 0 Å². The van der Waals surface area contributed by atoms with Crippen LogP contribution in [0.4, 0.5) is 0 Å². The smallest absolute Gasteiger partial charge is 0.220 e. The Balaban J connectivity index is 2.14. The summed E-state index contributed by atoms with van der Waals surface area (Å²) in [6, 6.07) is -0.725. The van der Waals surface area contributed by atoms with Crippen LogP contribution in [-0.2, 0) is 14.3 Å². The summed E-state index contributed by atoms with van der Waals surface area (Å²) < 4.78 is 11.3. The van der Waals surface area contributed by atoms with E-state index in [2.05, 4.69) is 116 Å². The molecule has 1 amide bonds. The van der Waals surface area contributed by atoms with E-state index in [1.54, 1.807) is 0 Å². The summed E-state index contributed by atoms with van der Waals surface area (Å²) in [6.45, 7) is 3.69. The van der Waals surface area contributed by atoms with Crippen molar-refractivity contribution >= 4 is 5.91 Å². The SMILES string of the molecule is CC/C=C\C/C=C\C/C=C\C/C=C\C/C=C\C/C=C\C/C=C\C/C=C\CCCCCCCCCCCCC(=O)NC(COC1OC(CO)C(O)C(O)C1O)C(O)CCCCCCCCCCCC. The predicted octanol–water partition coefficient (Wildman–Crippen LogP) is 13.2. The van der Waals surface area contributed by atoms with E-state index in [1.165, 1.54) is 89.9 Å². The lowest BCUT2D eigenvalue weighted by molar-refractivity contribution is -0.302. The van der Waals surface area contributed by atoms with Gasteiger partial charge in [0.1, 0.15) is 24.4 Å². The Morgan fingerprint density at radius 2 is 0.912 bits per heavy atom. The van der Waals surface area contributed by atoms with E-state index in [0.29, 0.717) is 12.8 Å². The Hall–Kier alpha value is -2.89. The van der Waals surface area contributed by atoms with E-state index >= 15 is 0 Å². The van der Waals surface area contributed by atoms with Crippen molar-refractivity contribution in [2.24, 2.45) is 0 Å². The van der Waals surface area contributed by atoms with Gasteiger partial charge in [0.15, 0.2) is 6.29 Å². The fourth-order valence-corrected chi connectivity index (χ4v) is 8.12. The quantitative estimate of drug-likeness (QED) is 0.0261. The first-order chi connectivity index (χ1) is 33.3. The average Bonchev–Trinajstić information content (AvgIpc) is 3.34. The second-order valence-corrected chi connectivity index (χ2v) is 18.6. The number of amides is 1. The van der Waals surface area contributed by atoms with Gasteiger partial charge in [0.25, 0.3) is 0 Å². The van der Waals surface area contributed by atoms with Crippen molar-refractivity contribution in [1.82, 2.24) is 5.32 Å². The van der Waals surface area contributed by atoms with Gasteiger partial charge in [-0.15, -0.1) is 0 Å². The van der Waals surface area contributed by atoms with E-state index in [9.17, 15) is 30.3 Å². The number of hydrogen-bond acceptors (Lipinski definition) is 8. The van der Waals surface area contributed by atoms with Crippen molar-refractivity contribution in [3.05, 3.63) is 97.2 Å². The zero-order valence-corrected chi connectivity index (χ0v) is 43.1. The molecule has 1 heterocycles. The second-order valence-electron chi connectivity index (χ2n) is 18.6. The number of carbonyl (C=O) groups excluding carboxylic acids is 1. The Morgan fingerprint density at radius 1 is 0.515 bits per heavy atom. The van der Waals surface area contributed by atoms with Crippen LogP contribution in [0.2, 0.25) is 0 Å². The lowest BCUT2D eigenvalue weighted by atomic mass is 9.99. The zero-order chi connectivity index (χ0) is 49.4. The van der Waals surface area contributed by atoms with Crippen molar-refractivity contribution in [3.8, 4) is 0 Å². The van der Waals surface area contributed by atoms with Crippen LogP contribution in [0.5, 0.6) is 0 Å². The minimum atomic E-state index is -1.56. The van der Waals surface area contributed by atoms with Crippen LogP contribution in [0.15, 0.2) is 97.2 Å². The van der Waals surface area contributed by atoms with Crippen LogP contribution in [0.25, 0.3) is 0 Å². The van der Waals surface area contributed by atoms with Crippen LogP contribution in [-0.4, -0.2) is 87.5 Å². The van der Waals surface area contributed by atoms with Gasteiger partial charge in [-0.3, -0.25) is 4.79 Å². The molecule has 6 N–H and O–H groups in total. The van der Waals surface area contributed by atoms with Crippen LogP contribution >= 0.6 is 0 Å². The van der Waals surface area contributed by atoms with Gasteiger partial charge >= 0.3 is 0 Å². The van der Waals surface area contributed by atoms with E-state index < -0.39 is 49.5 Å². The highest BCUT2D eigenvalue weighted by Gasteiger charge is 2.44. The van der Waals surface area contributed by atoms with E-state index in [1.807, 2.05) is 0 Å². The van der Waals surface area contributed by atoms with Crippen LogP contribution < -0.4 is 5.32 Å². The molecule has 1 fully saturated rings. The molecule has 7 atom stereocenters. The third kappa shape index (κ3) is 37.0. The predicted molar refractivity (Wildman–Crippen MR) is 285 cm³/mol. The number of ether oxygens (including phenoxy) is 2. The molecule has 9 nitrogen and oxygen atoms in total. The number of allylic oxidation sites excluding steroid dienone is 16. The molecular formula is C59H101NO8. The Labute approximate surface area is 415 Å². The van der Waals surface area contributed by atoms with E-state index in [-0.39, 0.29) is 12.5 Å². The first-order valence-corrected chi connectivity index (χ1v) is 27.4. The summed E-state index contributed by atoms with van der Waals surface area (Å²) >= 11 is 0. The van der Waals surface area contributed by atoms with Gasteiger partial charge < -0.3 is 40.3 Å². The Bertz CT molecular complexity index is 1380. The number of aliphatic hydroxyl groups excluding tert-OH is 5. The fraction of sp³-hybridized carbons (Fsp3) is 0.712. The summed E-state index contributed by atoms with van der Waals surface area (Å²) in [4.78, 5) is 13.0. The topological polar surface area (TPSA) is 149 Å². The molecule has 0 aromatic heterocycles. The molecule has 0 saturated carbocycles. The highest BCUT2D eigenvalue weighted by Crippen LogP contribution is 2.23. The minimum Gasteiger partial charge on any atom is -0.394 e. The van der Waals surface area contributed by atoms with Gasteiger partial charge in [-0.05, 0) is 77.0 Å². The standard InChI is InChI=1S/C59H101NO8/c1-3-5-7-9-11-13-15-16-17-18-19-20-21-22-23-24-25-26-27-28-29-30-31-32-33-34-35-36-37-38-39-41-43-45-47-49-55(63)60-52(51-67-59-58(66)57(65)56(64)54(50-61)68-59)53(62)48-46-44-42-40-14-12-10-8-6-4-2/h5,7,11,13,16-17,19-20,22-23,25-26,28-29,31-32,52-54,56-59,61-62,64-66H,3-4,6,8-10,12,14-15,18,21,24,27,30,33-51H2,1-2H3,(H,60,63)/b7-5-,13-11-,17-16-,20-19-,23-22-,26-25-,29-28-,32-31-. The van der Waals surface area contributed by atoms with Crippen LogP contribution in [0.3, 0.4) is 0 Å². The lowest BCUT2D eigenvalue weighted by Crippen LogP contribution is -2.60. The molecule has 0 radical (unpaired) electrons. The summed E-state index contributed by atoms with van der Waals surface area (Å²) in [5, 5.41) is 54.4. The molecular weight excluding hydrogens is 851 g/mol. The molecule has 1 rings (SSSR count). The number of hydrogen-bond donors (Lipinski definition) is 6. The van der Waals surface area contributed by atoms with Gasteiger partial charge in [0, 0.05) is 6.42 Å². The summed E-state index contributed by atoms with van der Waals surface area (Å²) in [7, 11) is 0. The van der Waals surface area contributed by atoms with Crippen molar-refractivity contribution in [3.63, 3.8) is 0 Å². The first-order valence-electron chi connectivity index (χ1n) is 27.4. The molecule has 0 spiro atoms. The maximum absolute atomic E-state index is 13.0. The maximum Gasteiger partial charge on any atom is 0.220 e. The molecule has 9 heteroatoms. The third-order valence-electron chi connectivity index (χ3n) is 12.5. The second kappa shape index (κ2) is 47.8. The number of nitrogens with one attached hydrogen (secondary N) is 1. The van der Waals surface area contributed by atoms with E-state index in [4.69, 9.17) is 9.47 Å². The summed E-state index contributed by atoms with van der Waals surface area (Å²) in [5.41, 5.74) is 0. The number of carbonyl (C=O) groups is 1. The third-order valence-corrected chi connectivity index (χ3v) is 12.5. The molecule has 0 aromatic carbocycles. The van der Waals surface area contributed by atoms with Gasteiger partial charge in [-0.2, -0.15) is 0 Å². The summed E-state index contributed by atoms with van der Waals surface area (Å²) in [5.74, 6) is -0.155. The summed E-state index contributed by atoms with van der Waals surface area (Å²) in [6.07, 6.45) is 61.5. The van der Waals surface area contributed by atoms with Gasteiger partial charge in [-0.1, -0.05) is 227 Å². The molecule has 68 heavy (non-hydrogen) atoms. The van der Waals surface area contributed by atoms with Crippen molar-refractivity contribution in [2.75, 3.05) is 13.2 Å². The molecule has 1 aliphatic heterocycles. The Kier molecular flexibility index (Phi) is 44.3. The molecule has 1 aliphatic rings. The molecule has 0 bridgehead atoms. The Morgan fingerprint density at radius 3 is 1.35 bits per heavy atom. The van der Waals surface area contributed by atoms with Gasteiger partial charge in [0.2, 0.25) is 5.91 Å². The largest absolute Gasteiger partial charge is 0.394 e. The molecule has 1 saturated heterocycles. The molecule has 7 unspecified atom stereocenters. The zero-order valence-electron chi connectivity index (χ0n) is 43.1. The first kappa shape index (κ1) is 63.1. The van der Waals surface area contributed by atoms with Crippen molar-refractivity contribution < 1.29 is 39.8 Å². The number of rotatable bonds is 45. The van der Waals surface area contributed by atoms with Crippen molar-refractivity contribution in [1.29, 1.82) is 0 Å². The highest BCUT2D eigenvalue weighted by molar-refractivity contribution is 5.76. The maximum atomic E-state index is 13.0. The highest BCUT2D eigenvalue weighted by atomic mass is 16.7. The molecule has 390 valence electrons. The number of unbranched alkanes of at least 4 members (excludes halogenated alkanes) is 19. The van der Waals surface area contributed by atoms with Gasteiger partial charge in [-0.25, -0.2) is 0 Å². The molecule has 0 aromatic rings. The normalized spacial score (nSPS) is 20.4. The average molecular weight is 952 g/mol. The molecule has 0 aliphatic carbocycles.